The Morgan fingerprint density at radius 3 is 2.60 bits per heavy atom. The van der Waals surface area contributed by atoms with E-state index in [1.54, 1.807) is 12.1 Å². The maximum absolute atomic E-state index is 11.5. The van der Waals surface area contributed by atoms with Gasteiger partial charge in [0.15, 0.2) is 0 Å². The number of hydrogen-bond donors (Lipinski definition) is 2. The summed E-state index contributed by atoms with van der Waals surface area (Å²) >= 11 is 0. The fourth-order valence-electron chi connectivity index (χ4n) is 2.66. The Bertz CT molecular complexity index is 588. The number of hydrogen-bond acceptors (Lipinski definition) is 5. The average molecular weight is 298 g/mol. The lowest BCUT2D eigenvalue weighted by atomic mass is 10.1. The van der Waals surface area contributed by atoms with Gasteiger partial charge < -0.3 is 10.6 Å². The van der Waals surface area contributed by atoms with Crippen molar-refractivity contribution in [3.63, 3.8) is 0 Å². The lowest BCUT2D eigenvalue weighted by Crippen LogP contribution is -2.51. The second-order valence-corrected chi connectivity index (χ2v) is 6.75. The van der Waals surface area contributed by atoms with E-state index in [4.69, 9.17) is 10.9 Å². The zero-order chi connectivity index (χ0) is 14.9. The first-order valence-corrected chi connectivity index (χ1v) is 8.29. The van der Waals surface area contributed by atoms with Gasteiger partial charge >= 0.3 is 0 Å². The van der Waals surface area contributed by atoms with Crippen LogP contribution in [-0.2, 0) is 10.0 Å². The molecule has 2 rings (SSSR count). The second kappa shape index (κ2) is 5.59. The van der Waals surface area contributed by atoms with Crippen LogP contribution in [0.1, 0.15) is 13.8 Å². The van der Waals surface area contributed by atoms with Crippen LogP contribution in [0, 0.1) is 0 Å². The van der Waals surface area contributed by atoms with Crippen molar-refractivity contribution in [1.82, 2.24) is 4.90 Å². The lowest BCUT2D eigenvalue weighted by molar-refractivity contribution is 0.199. The molecule has 0 bridgehead atoms. The summed E-state index contributed by atoms with van der Waals surface area (Å²) in [4.78, 5) is 4.61. The molecule has 1 saturated heterocycles. The molecule has 1 unspecified atom stereocenters. The quantitative estimate of drug-likeness (QED) is 0.790. The number of sulfonamides is 1. The van der Waals surface area contributed by atoms with E-state index >= 15 is 0 Å². The number of anilines is 2. The normalized spacial score (nSPS) is 21.1. The molecule has 1 aliphatic rings. The molecule has 7 heteroatoms. The third-order valence-corrected chi connectivity index (χ3v) is 4.75. The van der Waals surface area contributed by atoms with Crippen LogP contribution in [0.15, 0.2) is 23.1 Å². The van der Waals surface area contributed by atoms with Gasteiger partial charge in [0.1, 0.15) is 0 Å². The number of likely N-dealkylation sites (N-methyl/N-ethyl adjacent to an activating group) is 1. The average Bonchev–Trinajstić information content (AvgIpc) is 2.37. The minimum Gasteiger partial charge on any atom is -0.397 e. The highest BCUT2D eigenvalue weighted by molar-refractivity contribution is 7.89. The van der Waals surface area contributed by atoms with Crippen molar-refractivity contribution in [1.29, 1.82) is 0 Å². The monoisotopic (exact) mass is 298 g/mol. The van der Waals surface area contributed by atoms with Crippen molar-refractivity contribution in [2.75, 3.05) is 36.8 Å². The van der Waals surface area contributed by atoms with Gasteiger partial charge in [-0.2, -0.15) is 0 Å². The molecule has 0 radical (unpaired) electrons. The molecule has 1 aromatic carbocycles. The molecule has 1 fully saturated rings. The van der Waals surface area contributed by atoms with Crippen LogP contribution in [0.3, 0.4) is 0 Å². The summed E-state index contributed by atoms with van der Waals surface area (Å²) in [6.07, 6.45) is 0. The van der Waals surface area contributed by atoms with Gasteiger partial charge in [-0.1, -0.05) is 6.92 Å². The summed E-state index contributed by atoms with van der Waals surface area (Å²) in [5.41, 5.74) is 7.31. The van der Waals surface area contributed by atoms with Crippen molar-refractivity contribution in [2.24, 2.45) is 5.14 Å². The van der Waals surface area contributed by atoms with Crippen LogP contribution in [-0.4, -0.2) is 45.5 Å². The van der Waals surface area contributed by atoms with E-state index in [-0.39, 0.29) is 4.90 Å². The van der Waals surface area contributed by atoms with E-state index in [1.165, 1.54) is 6.07 Å². The van der Waals surface area contributed by atoms with E-state index in [0.29, 0.717) is 11.7 Å². The number of piperazine rings is 1. The first-order valence-electron chi connectivity index (χ1n) is 6.74. The van der Waals surface area contributed by atoms with E-state index in [0.717, 1.165) is 31.9 Å². The maximum atomic E-state index is 11.5. The van der Waals surface area contributed by atoms with E-state index in [9.17, 15) is 8.42 Å². The fourth-order valence-corrected chi connectivity index (χ4v) is 3.19. The predicted molar refractivity (Wildman–Crippen MR) is 81.1 cm³/mol. The third-order valence-electron chi connectivity index (χ3n) is 3.84. The number of primary sulfonamides is 1. The lowest BCUT2D eigenvalue weighted by Gasteiger charge is -2.41. The summed E-state index contributed by atoms with van der Waals surface area (Å²) in [6, 6.07) is 5.02. The largest absolute Gasteiger partial charge is 0.397 e. The smallest absolute Gasteiger partial charge is 0.238 e. The van der Waals surface area contributed by atoms with Gasteiger partial charge in [-0.3, -0.25) is 4.90 Å². The molecule has 112 valence electrons. The van der Waals surface area contributed by atoms with Crippen molar-refractivity contribution in [3.8, 4) is 0 Å². The molecule has 1 aliphatic heterocycles. The molecule has 1 atom stereocenters. The molecule has 1 aromatic rings. The molecule has 0 aromatic heterocycles. The SMILES string of the molecule is CCN1CCN(c2cc(S(N)(=O)=O)ccc2N)CC1C. The summed E-state index contributed by atoms with van der Waals surface area (Å²) in [5, 5.41) is 5.18. The molecule has 6 nitrogen and oxygen atoms in total. The Hall–Kier alpha value is -1.31. The number of nitrogens with zero attached hydrogens (tertiary/aromatic N) is 2. The van der Waals surface area contributed by atoms with Crippen LogP contribution < -0.4 is 15.8 Å². The zero-order valence-corrected chi connectivity index (χ0v) is 12.7. The number of nitrogen functional groups attached to an aromatic ring is 1. The highest BCUT2D eigenvalue weighted by atomic mass is 32.2. The summed E-state index contributed by atoms with van der Waals surface area (Å²) in [6.45, 7) is 7.92. The Morgan fingerprint density at radius 2 is 2.05 bits per heavy atom. The topological polar surface area (TPSA) is 92.7 Å². The van der Waals surface area contributed by atoms with Gasteiger partial charge in [0.25, 0.3) is 0 Å². The van der Waals surface area contributed by atoms with Crippen LogP contribution >= 0.6 is 0 Å². The molecular weight excluding hydrogens is 276 g/mol. The number of benzene rings is 1. The minimum atomic E-state index is -3.70. The second-order valence-electron chi connectivity index (χ2n) is 5.19. The first kappa shape index (κ1) is 15.1. The van der Waals surface area contributed by atoms with E-state index < -0.39 is 10.0 Å². The van der Waals surface area contributed by atoms with Gasteiger partial charge in [-0.05, 0) is 31.7 Å². The van der Waals surface area contributed by atoms with Crippen LogP contribution in [0.2, 0.25) is 0 Å². The summed E-state index contributed by atoms with van der Waals surface area (Å²) < 4.78 is 22.9. The minimum absolute atomic E-state index is 0.104. The molecule has 20 heavy (non-hydrogen) atoms. The maximum Gasteiger partial charge on any atom is 0.238 e. The van der Waals surface area contributed by atoms with Crippen molar-refractivity contribution in [3.05, 3.63) is 18.2 Å². The van der Waals surface area contributed by atoms with Gasteiger partial charge in [-0.25, -0.2) is 13.6 Å². The highest BCUT2D eigenvalue weighted by Gasteiger charge is 2.24. The molecule has 0 amide bonds. The Kier molecular flexibility index (Phi) is 4.22. The zero-order valence-electron chi connectivity index (χ0n) is 11.9. The summed E-state index contributed by atoms with van der Waals surface area (Å²) in [7, 11) is -3.70. The van der Waals surface area contributed by atoms with Crippen molar-refractivity contribution in [2.45, 2.75) is 24.8 Å². The van der Waals surface area contributed by atoms with E-state index in [1.807, 2.05) is 0 Å². The standard InChI is InChI=1S/C13H22N4O2S/c1-3-16-6-7-17(9-10(16)2)13-8-11(20(15,18)19)4-5-12(13)14/h4-5,8,10H,3,6-7,9,14H2,1-2H3,(H2,15,18,19). The predicted octanol–water partition coefficient (Wildman–Crippen LogP) is 0.447. The van der Waals surface area contributed by atoms with Gasteiger partial charge in [-0.15, -0.1) is 0 Å². The fraction of sp³-hybridized carbons (Fsp3) is 0.538. The third kappa shape index (κ3) is 3.05. The molecular formula is C13H22N4O2S. The van der Waals surface area contributed by atoms with Crippen LogP contribution in [0.5, 0.6) is 0 Å². The number of rotatable bonds is 3. The van der Waals surface area contributed by atoms with Crippen molar-refractivity contribution >= 4 is 21.4 Å². The highest BCUT2D eigenvalue weighted by Crippen LogP contribution is 2.28. The van der Waals surface area contributed by atoms with Gasteiger partial charge in [0, 0.05) is 25.7 Å². The Morgan fingerprint density at radius 1 is 1.35 bits per heavy atom. The number of nitrogens with two attached hydrogens (primary N) is 2. The van der Waals surface area contributed by atoms with Gasteiger partial charge in [0.05, 0.1) is 16.3 Å². The van der Waals surface area contributed by atoms with Gasteiger partial charge in [0.2, 0.25) is 10.0 Å². The molecule has 0 saturated carbocycles. The van der Waals surface area contributed by atoms with Crippen molar-refractivity contribution < 1.29 is 8.42 Å². The Balaban J connectivity index is 2.29. The molecule has 0 aliphatic carbocycles. The summed E-state index contributed by atoms with van der Waals surface area (Å²) in [5.74, 6) is 0. The molecule has 1 heterocycles. The first-order chi connectivity index (χ1) is 9.32. The molecule has 0 spiro atoms. The Labute approximate surface area is 120 Å². The van der Waals surface area contributed by atoms with Crippen LogP contribution in [0.4, 0.5) is 11.4 Å². The van der Waals surface area contributed by atoms with Crippen LogP contribution in [0.25, 0.3) is 0 Å². The molecule has 4 N–H and O–H groups in total. The van der Waals surface area contributed by atoms with E-state index in [2.05, 4.69) is 23.6 Å².